The molecular formula is C27H28N2O5. The van der Waals surface area contributed by atoms with Gasteiger partial charge in [0, 0.05) is 19.0 Å². The molecule has 176 valence electrons. The Morgan fingerprint density at radius 1 is 0.971 bits per heavy atom. The summed E-state index contributed by atoms with van der Waals surface area (Å²) >= 11 is 0. The summed E-state index contributed by atoms with van der Waals surface area (Å²) in [6.07, 6.45) is 2.23. The number of carbonyl (C=O) groups is 3. The molecule has 2 aromatic rings. The Bertz CT molecular complexity index is 1120. The number of carboxylic acid groups (broad SMARTS) is 1. The number of hydrogen-bond acceptors (Lipinski definition) is 4. The summed E-state index contributed by atoms with van der Waals surface area (Å²) in [6, 6.07) is 16.4. The molecule has 1 aliphatic heterocycles. The van der Waals surface area contributed by atoms with Crippen molar-refractivity contribution in [3.8, 4) is 11.1 Å². The van der Waals surface area contributed by atoms with Crippen molar-refractivity contribution in [2.45, 2.75) is 37.1 Å². The zero-order valence-electron chi connectivity index (χ0n) is 18.9. The normalized spacial score (nSPS) is 25.5. The fourth-order valence-electron chi connectivity index (χ4n) is 6.30. The van der Waals surface area contributed by atoms with E-state index in [2.05, 4.69) is 29.6 Å². The van der Waals surface area contributed by atoms with Crippen molar-refractivity contribution in [2.24, 2.45) is 17.8 Å². The minimum atomic E-state index is -0.755. The van der Waals surface area contributed by atoms with Gasteiger partial charge in [-0.05, 0) is 53.4 Å². The van der Waals surface area contributed by atoms with E-state index in [1.807, 2.05) is 24.3 Å². The van der Waals surface area contributed by atoms with Crippen molar-refractivity contribution < 1.29 is 24.2 Å². The van der Waals surface area contributed by atoms with Crippen molar-refractivity contribution in [1.29, 1.82) is 0 Å². The van der Waals surface area contributed by atoms with Crippen LogP contribution in [-0.4, -0.2) is 53.2 Å². The molecule has 34 heavy (non-hydrogen) atoms. The SMILES string of the molecule is O=C(NC1(CC(=O)N2C[C@@H]3C(C(=O)O)[C@@H]3C2)CCC1)OCC1c2ccccc2-c2ccccc21. The first-order valence-electron chi connectivity index (χ1n) is 12.1. The number of ether oxygens (including phenoxy) is 1. The number of fused-ring (bicyclic) bond motifs is 4. The molecule has 3 fully saturated rings. The first-order valence-corrected chi connectivity index (χ1v) is 12.1. The third-order valence-corrected chi connectivity index (χ3v) is 8.34. The number of amides is 2. The van der Waals surface area contributed by atoms with Crippen LogP contribution in [0.4, 0.5) is 4.79 Å². The Hall–Kier alpha value is -3.35. The van der Waals surface area contributed by atoms with Crippen LogP contribution in [-0.2, 0) is 14.3 Å². The molecule has 3 aliphatic carbocycles. The van der Waals surface area contributed by atoms with E-state index in [1.165, 1.54) is 11.1 Å². The van der Waals surface area contributed by atoms with Crippen molar-refractivity contribution in [2.75, 3.05) is 19.7 Å². The van der Waals surface area contributed by atoms with Gasteiger partial charge in [-0.1, -0.05) is 48.5 Å². The molecule has 0 aromatic heterocycles. The lowest BCUT2D eigenvalue weighted by atomic mass is 9.74. The Balaban J connectivity index is 1.06. The molecule has 2 N–H and O–H groups in total. The monoisotopic (exact) mass is 460 g/mol. The van der Waals surface area contributed by atoms with E-state index in [0.29, 0.717) is 13.1 Å². The molecule has 3 atom stereocenters. The average Bonchev–Trinajstić information content (AvgIpc) is 3.16. The quantitative estimate of drug-likeness (QED) is 0.686. The highest BCUT2D eigenvalue weighted by atomic mass is 16.5. The number of hydrogen-bond donors (Lipinski definition) is 2. The second-order valence-corrected chi connectivity index (χ2v) is 10.3. The van der Waals surface area contributed by atoms with E-state index in [-0.39, 0.29) is 42.6 Å². The van der Waals surface area contributed by atoms with Crippen molar-refractivity contribution >= 4 is 18.0 Å². The standard InChI is InChI=1S/C27H28N2O5/c30-23(29-13-20-21(14-29)24(20)25(31)32)12-27(10-5-11-27)28-26(33)34-15-22-18-8-3-1-6-16(18)17-7-2-4-9-19(17)22/h1-4,6-9,20-22,24H,5,10-15H2,(H,28,33)(H,31,32)/t20-,21+,24?. The fourth-order valence-corrected chi connectivity index (χ4v) is 6.30. The predicted molar refractivity (Wildman–Crippen MR) is 124 cm³/mol. The number of nitrogens with one attached hydrogen (secondary N) is 1. The second kappa shape index (κ2) is 7.86. The Kier molecular flexibility index (Phi) is 4.90. The lowest BCUT2D eigenvalue weighted by Crippen LogP contribution is -2.56. The second-order valence-electron chi connectivity index (χ2n) is 10.3. The van der Waals surface area contributed by atoms with Gasteiger partial charge in [0.05, 0.1) is 17.9 Å². The zero-order valence-corrected chi connectivity index (χ0v) is 18.9. The molecule has 1 unspecified atom stereocenters. The number of nitrogens with zero attached hydrogens (tertiary/aromatic N) is 1. The van der Waals surface area contributed by atoms with Gasteiger partial charge in [0.25, 0.3) is 0 Å². The molecule has 2 saturated carbocycles. The number of likely N-dealkylation sites (tertiary alicyclic amines) is 1. The molecule has 2 aromatic carbocycles. The van der Waals surface area contributed by atoms with Crippen LogP contribution in [0.25, 0.3) is 11.1 Å². The van der Waals surface area contributed by atoms with Gasteiger partial charge in [0.1, 0.15) is 6.61 Å². The van der Waals surface area contributed by atoms with Crippen molar-refractivity contribution in [1.82, 2.24) is 10.2 Å². The highest BCUT2D eigenvalue weighted by molar-refractivity contribution is 5.82. The third-order valence-electron chi connectivity index (χ3n) is 8.34. The average molecular weight is 461 g/mol. The molecular weight excluding hydrogens is 432 g/mol. The highest BCUT2D eigenvalue weighted by Crippen LogP contribution is 2.52. The molecule has 0 radical (unpaired) electrons. The van der Waals surface area contributed by atoms with Gasteiger partial charge >= 0.3 is 12.1 Å². The third kappa shape index (κ3) is 3.45. The molecule has 2 amide bonds. The van der Waals surface area contributed by atoms with E-state index in [0.717, 1.165) is 30.4 Å². The van der Waals surface area contributed by atoms with E-state index in [9.17, 15) is 19.5 Å². The summed E-state index contributed by atoms with van der Waals surface area (Å²) in [5.41, 5.74) is 4.14. The van der Waals surface area contributed by atoms with E-state index in [4.69, 9.17) is 4.74 Å². The Labute approximate surface area is 198 Å². The largest absolute Gasteiger partial charge is 0.481 e. The summed E-state index contributed by atoms with van der Waals surface area (Å²) in [5.74, 6) is -0.872. The lowest BCUT2D eigenvalue weighted by molar-refractivity contribution is -0.141. The van der Waals surface area contributed by atoms with Crippen molar-refractivity contribution in [3.05, 3.63) is 59.7 Å². The van der Waals surface area contributed by atoms with Crippen LogP contribution in [0.1, 0.15) is 42.7 Å². The summed E-state index contributed by atoms with van der Waals surface area (Å²) in [6.45, 7) is 1.28. The van der Waals surface area contributed by atoms with E-state index >= 15 is 0 Å². The molecule has 6 rings (SSSR count). The Morgan fingerprint density at radius 2 is 1.56 bits per heavy atom. The van der Waals surface area contributed by atoms with Gasteiger partial charge in [-0.3, -0.25) is 9.59 Å². The maximum Gasteiger partial charge on any atom is 0.407 e. The van der Waals surface area contributed by atoms with Crippen LogP contribution >= 0.6 is 0 Å². The first kappa shape index (κ1) is 21.2. The van der Waals surface area contributed by atoms with Crippen LogP contribution in [0.15, 0.2) is 48.5 Å². The lowest BCUT2D eigenvalue weighted by Gasteiger charge is -2.42. The van der Waals surface area contributed by atoms with Gasteiger partial charge in [-0.25, -0.2) is 4.79 Å². The van der Waals surface area contributed by atoms with Gasteiger partial charge < -0.3 is 20.1 Å². The van der Waals surface area contributed by atoms with Crippen LogP contribution in [0.5, 0.6) is 0 Å². The smallest absolute Gasteiger partial charge is 0.407 e. The van der Waals surface area contributed by atoms with Crippen LogP contribution in [0.2, 0.25) is 0 Å². The van der Waals surface area contributed by atoms with Gasteiger partial charge in [-0.2, -0.15) is 0 Å². The molecule has 1 heterocycles. The van der Waals surface area contributed by atoms with E-state index < -0.39 is 17.6 Å². The fraction of sp³-hybridized carbons (Fsp3) is 0.444. The molecule has 1 saturated heterocycles. The number of carbonyl (C=O) groups excluding carboxylic acids is 2. The molecule has 7 heteroatoms. The summed E-state index contributed by atoms with van der Waals surface area (Å²) in [4.78, 5) is 38.7. The summed E-state index contributed by atoms with van der Waals surface area (Å²) in [5, 5.41) is 12.2. The number of piperidine rings is 1. The van der Waals surface area contributed by atoms with Crippen LogP contribution in [0.3, 0.4) is 0 Å². The first-order chi connectivity index (χ1) is 16.5. The number of aliphatic carboxylic acids is 1. The zero-order chi connectivity index (χ0) is 23.4. The minimum Gasteiger partial charge on any atom is -0.481 e. The van der Waals surface area contributed by atoms with Crippen molar-refractivity contribution in [3.63, 3.8) is 0 Å². The highest BCUT2D eigenvalue weighted by Gasteiger charge is 2.60. The number of rotatable bonds is 6. The maximum absolute atomic E-state index is 12.9. The van der Waals surface area contributed by atoms with Crippen LogP contribution < -0.4 is 5.32 Å². The topological polar surface area (TPSA) is 95.9 Å². The van der Waals surface area contributed by atoms with E-state index in [1.54, 1.807) is 4.90 Å². The number of alkyl carbamates (subject to hydrolysis) is 1. The maximum atomic E-state index is 12.9. The molecule has 7 nitrogen and oxygen atoms in total. The number of carboxylic acids is 1. The number of benzene rings is 2. The molecule has 4 aliphatic rings. The van der Waals surface area contributed by atoms with Crippen LogP contribution in [0, 0.1) is 17.8 Å². The predicted octanol–water partition coefficient (Wildman–Crippen LogP) is 3.63. The van der Waals surface area contributed by atoms with Gasteiger partial charge in [-0.15, -0.1) is 0 Å². The Morgan fingerprint density at radius 3 is 2.09 bits per heavy atom. The van der Waals surface area contributed by atoms with Gasteiger partial charge in [0.15, 0.2) is 0 Å². The van der Waals surface area contributed by atoms with Gasteiger partial charge in [0.2, 0.25) is 5.91 Å². The minimum absolute atomic E-state index is 0.00405. The summed E-state index contributed by atoms with van der Waals surface area (Å²) < 4.78 is 5.70. The molecule has 0 bridgehead atoms. The summed E-state index contributed by atoms with van der Waals surface area (Å²) in [7, 11) is 0. The molecule has 0 spiro atoms.